The van der Waals surface area contributed by atoms with Gasteiger partial charge in [-0.25, -0.2) is 4.98 Å². The Kier molecular flexibility index (Phi) is 3.31. The number of rotatable bonds is 3. The highest BCUT2D eigenvalue weighted by Crippen LogP contribution is 2.68. The van der Waals surface area contributed by atoms with Gasteiger partial charge in [0.1, 0.15) is 0 Å². The van der Waals surface area contributed by atoms with E-state index in [1.807, 2.05) is 26.1 Å². The Bertz CT molecular complexity index is 851. The summed E-state index contributed by atoms with van der Waals surface area (Å²) in [7, 11) is 0. The van der Waals surface area contributed by atoms with E-state index >= 15 is 0 Å². The van der Waals surface area contributed by atoms with Gasteiger partial charge in [-0.05, 0) is 49.3 Å². The monoisotopic (exact) mass is 355 g/mol. The molecule has 25 heavy (non-hydrogen) atoms. The van der Waals surface area contributed by atoms with Gasteiger partial charge in [-0.15, -0.1) is 11.3 Å². The summed E-state index contributed by atoms with van der Waals surface area (Å²) in [6, 6.07) is 4.14. The maximum atomic E-state index is 13.1. The first-order chi connectivity index (χ1) is 12.0. The lowest BCUT2D eigenvalue weighted by Gasteiger charge is -2.27. The molecule has 1 N–H and O–H groups in total. The number of hydrogen-bond donors (Lipinski definition) is 1. The molecule has 2 bridgehead atoms. The third-order valence-corrected chi connectivity index (χ3v) is 6.97. The molecule has 3 unspecified atom stereocenters. The van der Waals surface area contributed by atoms with E-state index in [4.69, 9.17) is 4.74 Å². The number of pyridine rings is 1. The summed E-state index contributed by atoms with van der Waals surface area (Å²) >= 11 is 1.51. The van der Waals surface area contributed by atoms with Crippen molar-refractivity contribution in [1.29, 1.82) is 0 Å². The van der Waals surface area contributed by atoms with Crippen molar-refractivity contribution >= 4 is 22.4 Å². The minimum Gasteiger partial charge on any atom is -0.373 e. The molecule has 1 aliphatic carbocycles. The fourth-order valence-electron chi connectivity index (χ4n) is 5.07. The van der Waals surface area contributed by atoms with Crippen molar-refractivity contribution < 1.29 is 9.53 Å². The van der Waals surface area contributed by atoms with Gasteiger partial charge in [0.05, 0.1) is 18.1 Å². The average Bonchev–Trinajstić information content (AvgIpc) is 2.96. The van der Waals surface area contributed by atoms with E-state index < -0.39 is 0 Å². The summed E-state index contributed by atoms with van der Waals surface area (Å²) in [5, 5.41) is 3.71. The lowest BCUT2D eigenvalue weighted by atomic mass is 9.75. The van der Waals surface area contributed by atoms with Gasteiger partial charge in [-0.1, -0.05) is 6.92 Å². The van der Waals surface area contributed by atoms with Crippen molar-refractivity contribution in [2.45, 2.75) is 38.9 Å². The van der Waals surface area contributed by atoms with E-state index in [-0.39, 0.29) is 30.0 Å². The number of amides is 1. The SMILES string of the molecule is Cc1cc([C@@H]2[C@@H](C(=O)Nc3ncc(C)s3)[C@@H]3O[C@H]2C2C(C)C23)ccn1. The Morgan fingerprint density at radius 1 is 1.24 bits per heavy atom. The lowest BCUT2D eigenvalue weighted by molar-refractivity contribution is -0.122. The summed E-state index contributed by atoms with van der Waals surface area (Å²) in [6.45, 7) is 6.28. The van der Waals surface area contributed by atoms with E-state index in [1.165, 1.54) is 16.9 Å². The van der Waals surface area contributed by atoms with Crippen LogP contribution in [0.5, 0.6) is 0 Å². The fraction of sp³-hybridized carbons (Fsp3) is 0.526. The Hall–Kier alpha value is -1.79. The Morgan fingerprint density at radius 3 is 2.76 bits per heavy atom. The minimum absolute atomic E-state index is 0.0320. The normalized spacial score (nSPS) is 37.8. The lowest BCUT2D eigenvalue weighted by Crippen LogP contribution is -2.37. The summed E-state index contributed by atoms with van der Waals surface area (Å²) in [4.78, 5) is 22.8. The third kappa shape index (κ3) is 2.27. The second kappa shape index (κ2) is 5.35. The van der Waals surface area contributed by atoms with E-state index in [2.05, 4.69) is 28.3 Å². The van der Waals surface area contributed by atoms with Gasteiger partial charge in [-0.3, -0.25) is 9.78 Å². The standard InChI is InChI=1S/C19H21N3O2S/c1-8-6-11(4-5-20-8)14-15(17-13-10(3)12(13)16(14)24-17)18(23)22-19-21-7-9(2)25-19/h4-7,10,12-17H,1-3H3,(H,21,22,23)/t10?,12?,13?,14-,15-,16+,17-/m1/s1. The van der Waals surface area contributed by atoms with E-state index in [0.29, 0.717) is 22.9 Å². The number of carbonyl (C=O) groups is 1. The Labute approximate surface area is 150 Å². The largest absolute Gasteiger partial charge is 0.373 e. The Balaban J connectivity index is 1.48. The molecule has 4 heterocycles. The minimum atomic E-state index is -0.151. The molecule has 0 radical (unpaired) electrons. The zero-order valence-electron chi connectivity index (χ0n) is 14.5. The molecule has 130 valence electrons. The number of anilines is 1. The topological polar surface area (TPSA) is 64.1 Å². The number of thiazole rings is 1. The second-order valence-electron chi connectivity index (χ2n) is 7.63. The highest BCUT2D eigenvalue weighted by atomic mass is 32.1. The first-order valence-corrected chi connectivity index (χ1v) is 9.67. The molecule has 5 rings (SSSR count). The summed E-state index contributed by atoms with van der Waals surface area (Å²) < 4.78 is 6.29. The number of fused-ring (bicyclic) bond motifs is 5. The van der Waals surface area contributed by atoms with E-state index in [0.717, 1.165) is 10.6 Å². The molecule has 2 saturated heterocycles. The predicted molar refractivity (Wildman–Crippen MR) is 95.5 cm³/mol. The summed E-state index contributed by atoms with van der Waals surface area (Å²) in [5.41, 5.74) is 2.16. The molecule has 2 aromatic heterocycles. The number of aromatic nitrogens is 2. The number of carbonyl (C=O) groups excluding carboxylic acids is 1. The summed E-state index contributed by atoms with van der Waals surface area (Å²) in [6.07, 6.45) is 3.81. The first-order valence-electron chi connectivity index (χ1n) is 8.86. The third-order valence-electron chi connectivity index (χ3n) is 6.15. The second-order valence-corrected chi connectivity index (χ2v) is 8.86. The fourth-order valence-corrected chi connectivity index (χ4v) is 5.73. The van der Waals surface area contributed by atoms with Gasteiger partial charge >= 0.3 is 0 Å². The number of hydrogen-bond acceptors (Lipinski definition) is 5. The summed E-state index contributed by atoms with van der Waals surface area (Å²) in [5.74, 6) is 1.81. The highest BCUT2D eigenvalue weighted by molar-refractivity contribution is 7.15. The van der Waals surface area contributed by atoms with E-state index in [1.54, 1.807) is 6.20 Å². The quantitative estimate of drug-likeness (QED) is 0.919. The van der Waals surface area contributed by atoms with Crippen LogP contribution in [-0.4, -0.2) is 28.1 Å². The molecule has 1 saturated carbocycles. The van der Waals surface area contributed by atoms with Crippen molar-refractivity contribution in [1.82, 2.24) is 9.97 Å². The van der Waals surface area contributed by atoms with Crippen LogP contribution in [0, 0.1) is 37.5 Å². The molecule has 0 spiro atoms. The molecule has 5 nitrogen and oxygen atoms in total. The molecule has 3 fully saturated rings. The van der Waals surface area contributed by atoms with Crippen LogP contribution in [0.2, 0.25) is 0 Å². The van der Waals surface area contributed by atoms with Crippen LogP contribution in [0.25, 0.3) is 0 Å². The van der Waals surface area contributed by atoms with Crippen LogP contribution < -0.4 is 5.32 Å². The van der Waals surface area contributed by atoms with Crippen molar-refractivity contribution in [2.75, 3.05) is 5.32 Å². The van der Waals surface area contributed by atoms with Crippen LogP contribution in [0.3, 0.4) is 0 Å². The molecule has 3 aliphatic rings. The number of aryl methyl sites for hydroxylation is 2. The molecule has 1 amide bonds. The average molecular weight is 355 g/mol. The number of nitrogens with one attached hydrogen (secondary N) is 1. The molecular formula is C19H21N3O2S. The van der Waals surface area contributed by atoms with Crippen molar-refractivity contribution in [3.05, 3.63) is 40.7 Å². The van der Waals surface area contributed by atoms with Crippen LogP contribution in [-0.2, 0) is 9.53 Å². The van der Waals surface area contributed by atoms with Crippen molar-refractivity contribution in [3.63, 3.8) is 0 Å². The molecule has 0 aromatic carbocycles. The predicted octanol–water partition coefficient (Wildman–Crippen LogP) is 3.16. The van der Waals surface area contributed by atoms with Gasteiger partial charge in [0, 0.05) is 28.9 Å². The highest BCUT2D eigenvalue weighted by Gasteiger charge is 2.72. The maximum Gasteiger partial charge on any atom is 0.232 e. The molecule has 6 heteroatoms. The van der Waals surface area contributed by atoms with Gasteiger partial charge in [0.2, 0.25) is 5.91 Å². The van der Waals surface area contributed by atoms with Gasteiger partial charge in [0.25, 0.3) is 0 Å². The van der Waals surface area contributed by atoms with E-state index in [9.17, 15) is 4.79 Å². The van der Waals surface area contributed by atoms with Crippen molar-refractivity contribution in [3.8, 4) is 0 Å². The Morgan fingerprint density at radius 2 is 2.04 bits per heavy atom. The van der Waals surface area contributed by atoms with Gasteiger partial charge < -0.3 is 10.1 Å². The van der Waals surface area contributed by atoms with Gasteiger partial charge in [-0.2, -0.15) is 0 Å². The number of nitrogens with zero attached hydrogens (tertiary/aromatic N) is 2. The number of ether oxygens (including phenoxy) is 1. The zero-order chi connectivity index (χ0) is 17.3. The van der Waals surface area contributed by atoms with Crippen LogP contribution in [0.15, 0.2) is 24.5 Å². The van der Waals surface area contributed by atoms with Gasteiger partial charge in [0.15, 0.2) is 5.13 Å². The van der Waals surface area contributed by atoms with Crippen LogP contribution in [0.4, 0.5) is 5.13 Å². The maximum absolute atomic E-state index is 13.1. The van der Waals surface area contributed by atoms with Crippen LogP contribution >= 0.6 is 11.3 Å². The molecular weight excluding hydrogens is 334 g/mol. The smallest absolute Gasteiger partial charge is 0.232 e. The van der Waals surface area contributed by atoms with Crippen LogP contribution in [0.1, 0.15) is 29.0 Å². The molecule has 2 aliphatic heterocycles. The molecule has 2 aromatic rings. The van der Waals surface area contributed by atoms with Crippen molar-refractivity contribution in [2.24, 2.45) is 23.7 Å². The molecule has 7 atom stereocenters. The zero-order valence-corrected chi connectivity index (χ0v) is 15.3. The first kappa shape index (κ1) is 15.5.